The van der Waals surface area contributed by atoms with Crippen molar-refractivity contribution in [2.24, 2.45) is 0 Å². The average molecular weight is 268 g/mol. The van der Waals surface area contributed by atoms with Gasteiger partial charge in [-0.15, -0.1) is 0 Å². The molecule has 0 spiro atoms. The Kier molecular flexibility index (Phi) is 5.30. The minimum Gasteiger partial charge on any atom is -0.367 e. The van der Waals surface area contributed by atoms with E-state index in [1.807, 2.05) is 0 Å². The summed E-state index contributed by atoms with van der Waals surface area (Å²) in [6, 6.07) is 0.404. The Morgan fingerprint density at radius 1 is 1.47 bits per heavy atom. The number of nitrogens with one attached hydrogen (secondary N) is 1. The minimum atomic E-state index is -0.0585. The van der Waals surface area contributed by atoms with Crippen molar-refractivity contribution in [1.29, 1.82) is 0 Å². The molecule has 0 aliphatic carbocycles. The summed E-state index contributed by atoms with van der Waals surface area (Å²) in [6.07, 6.45) is 1.10. The Bertz CT molecular complexity index is 378. The van der Waals surface area contributed by atoms with Gasteiger partial charge >= 0.3 is 0 Å². The van der Waals surface area contributed by atoms with Crippen LogP contribution in [0.4, 0.5) is 0 Å². The molecule has 0 amide bonds. The van der Waals surface area contributed by atoms with Gasteiger partial charge in [0.2, 0.25) is 11.7 Å². The Morgan fingerprint density at radius 2 is 2.32 bits per heavy atom. The fraction of sp³-hybridized carbons (Fsp3) is 0.846. The maximum absolute atomic E-state index is 5.73. The van der Waals surface area contributed by atoms with E-state index < -0.39 is 0 Å². The fourth-order valence-corrected chi connectivity index (χ4v) is 2.14. The monoisotopic (exact) mass is 268 g/mol. The van der Waals surface area contributed by atoms with Crippen LogP contribution in [-0.4, -0.2) is 47.3 Å². The molecule has 2 heterocycles. The number of morpholine rings is 1. The molecule has 1 atom stereocenters. The molecular weight excluding hydrogens is 244 g/mol. The molecule has 1 saturated heterocycles. The highest BCUT2D eigenvalue weighted by Gasteiger charge is 2.25. The summed E-state index contributed by atoms with van der Waals surface area (Å²) in [5.41, 5.74) is 0. The van der Waals surface area contributed by atoms with Crippen LogP contribution in [0.3, 0.4) is 0 Å². The molecule has 1 aromatic heterocycles. The molecule has 0 aromatic carbocycles. The van der Waals surface area contributed by atoms with Gasteiger partial charge in [0.1, 0.15) is 6.10 Å². The molecule has 0 radical (unpaired) electrons. The summed E-state index contributed by atoms with van der Waals surface area (Å²) in [6.45, 7) is 10.6. The summed E-state index contributed by atoms with van der Waals surface area (Å²) in [5, 5.41) is 7.29. The molecule has 1 aliphatic heterocycles. The van der Waals surface area contributed by atoms with Crippen molar-refractivity contribution in [2.75, 3.05) is 26.2 Å². The van der Waals surface area contributed by atoms with E-state index in [9.17, 15) is 0 Å². The predicted octanol–water partition coefficient (Wildman–Crippen LogP) is 1.35. The Balaban J connectivity index is 1.90. The fourth-order valence-electron chi connectivity index (χ4n) is 2.14. The van der Waals surface area contributed by atoms with Crippen molar-refractivity contribution >= 4 is 0 Å². The van der Waals surface area contributed by atoms with E-state index in [1.165, 1.54) is 0 Å². The smallest absolute Gasteiger partial charge is 0.240 e. The highest BCUT2D eigenvalue weighted by Crippen LogP contribution is 2.19. The van der Waals surface area contributed by atoms with Crippen LogP contribution in [0, 0.1) is 0 Å². The number of rotatable bonds is 6. The van der Waals surface area contributed by atoms with Gasteiger partial charge in [-0.05, 0) is 13.0 Å². The first kappa shape index (κ1) is 14.4. The van der Waals surface area contributed by atoms with Gasteiger partial charge in [0.25, 0.3) is 0 Å². The Morgan fingerprint density at radius 3 is 3.05 bits per heavy atom. The van der Waals surface area contributed by atoms with Crippen LogP contribution in [0.2, 0.25) is 0 Å². The summed E-state index contributed by atoms with van der Waals surface area (Å²) < 4.78 is 11.0. The first-order chi connectivity index (χ1) is 9.19. The standard InChI is InChI=1S/C13H24N4O2/c1-4-5-17-6-7-18-11(9-17)13-15-12(19-16-13)8-14-10(2)3/h10-11,14H,4-9H2,1-3H3. The van der Waals surface area contributed by atoms with Crippen LogP contribution in [-0.2, 0) is 11.3 Å². The van der Waals surface area contributed by atoms with Gasteiger partial charge in [0.15, 0.2) is 0 Å². The highest BCUT2D eigenvalue weighted by molar-refractivity contribution is 4.94. The molecule has 108 valence electrons. The van der Waals surface area contributed by atoms with Gasteiger partial charge in [-0.2, -0.15) is 4.98 Å². The van der Waals surface area contributed by atoms with Gasteiger partial charge < -0.3 is 14.6 Å². The number of aromatic nitrogens is 2. The zero-order valence-corrected chi connectivity index (χ0v) is 12.1. The Hall–Kier alpha value is -0.980. The molecule has 6 heteroatoms. The normalized spacial score (nSPS) is 21.2. The molecule has 1 unspecified atom stereocenters. The maximum Gasteiger partial charge on any atom is 0.240 e. The van der Waals surface area contributed by atoms with E-state index in [2.05, 4.69) is 41.1 Å². The second kappa shape index (κ2) is 6.98. The van der Waals surface area contributed by atoms with Gasteiger partial charge in [-0.25, -0.2) is 0 Å². The number of hydrogen-bond acceptors (Lipinski definition) is 6. The van der Waals surface area contributed by atoms with E-state index in [0.29, 0.717) is 24.3 Å². The summed E-state index contributed by atoms with van der Waals surface area (Å²) in [5.74, 6) is 1.29. The molecular formula is C13H24N4O2. The quantitative estimate of drug-likeness (QED) is 0.840. The number of hydrogen-bond donors (Lipinski definition) is 1. The minimum absolute atomic E-state index is 0.0585. The van der Waals surface area contributed by atoms with E-state index >= 15 is 0 Å². The molecule has 1 N–H and O–H groups in total. The second-order valence-corrected chi connectivity index (χ2v) is 5.24. The van der Waals surface area contributed by atoms with Crippen LogP contribution < -0.4 is 5.32 Å². The third-order valence-corrected chi connectivity index (χ3v) is 3.12. The van der Waals surface area contributed by atoms with Crippen molar-refractivity contribution < 1.29 is 9.26 Å². The van der Waals surface area contributed by atoms with Crippen LogP contribution in [0.15, 0.2) is 4.52 Å². The van der Waals surface area contributed by atoms with Crippen molar-refractivity contribution in [2.45, 2.75) is 45.9 Å². The topological polar surface area (TPSA) is 63.4 Å². The number of ether oxygens (including phenoxy) is 1. The lowest BCUT2D eigenvalue weighted by Gasteiger charge is -2.30. The van der Waals surface area contributed by atoms with Gasteiger partial charge in [0, 0.05) is 19.1 Å². The molecule has 1 fully saturated rings. The maximum atomic E-state index is 5.73. The lowest BCUT2D eigenvalue weighted by molar-refractivity contribution is -0.0350. The van der Waals surface area contributed by atoms with E-state index in [-0.39, 0.29) is 6.10 Å². The van der Waals surface area contributed by atoms with Crippen LogP contribution in [0.5, 0.6) is 0 Å². The first-order valence-electron chi connectivity index (χ1n) is 7.09. The molecule has 0 bridgehead atoms. The Labute approximate surface area is 114 Å². The van der Waals surface area contributed by atoms with Gasteiger partial charge in [0.05, 0.1) is 13.2 Å². The summed E-state index contributed by atoms with van der Waals surface area (Å²) in [7, 11) is 0. The second-order valence-electron chi connectivity index (χ2n) is 5.24. The first-order valence-corrected chi connectivity index (χ1v) is 7.09. The van der Waals surface area contributed by atoms with Crippen LogP contribution in [0.1, 0.15) is 45.0 Å². The van der Waals surface area contributed by atoms with Gasteiger partial charge in [-0.1, -0.05) is 25.9 Å². The molecule has 6 nitrogen and oxygen atoms in total. The lowest BCUT2D eigenvalue weighted by Crippen LogP contribution is -2.39. The third kappa shape index (κ3) is 4.26. The van der Waals surface area contributed by atoms with Crippen molar-refractivity contribution in [3.8, 4) is 0 Å². The van der Waals surface area contributed by atoms with Crippen molar-refractivity contribution in [1.82, 2.24) is 20.4 Å². The van der Waals surface area contributed by atoms with E-state index in [4.69, 9.17) is 9.26 Å². The largest absolute Gasteiger partial charge is 0.367 e. The van der Waals surface area contributed by atoms with E-state index in [0.717, 1.165) is 32.7 Å². The summed E-state index contributed by atoms with van der Waals surface area (Å²) >= 11 is 0. The molecule has 1 aromatic rings. The van der Waals surface area contributed by atoms with E-state index in [1.54, 1.807) is 0 Å². The lowest BCUT2D eigenvalue weighted by atomic mass is 10.2. The van der Waals surface area contributed by atoms with Crippen LogP contribution in [0.25, 0.3) is 0 Å². The van der Waals surface area contributed by atoms with Gasteiger partial charge in [-0.3, -0.25) is 4.90 Å². The zero-order valence-electron chi connectivity index (χ0n) is 12.1. The SMILES string of the molecule is CCCN1CCOC(c2noc(CNC(C)C)n2)C1. The molecule has 0 saturated carbocycles. The van der Waals surface area contributed by atoms with Crippen molar-refractivity contribution in [3.05, 3.63) is 11.7 Å². The average Bonchev–Trinajstić information content (AvgIpc) is 2.86. The molecule has 2 rings (SSSR count). The third-order valence-electron chi connectivity index (χ3n) is 3.12. The molecule has 1 aliphatic rings. The van der Waals surface area contributed by atoms with Crippen molar-refractivity contribution in [3.63, 3.8) is 0 Å². The molecule has 19 heavy (non-hydrogen) atoms. The number of nitrogens with zero attached hydrogens (tertiary/aromatic N) is 3. The predicted molar refractivity (Wildman–Crippen MR) is 71.7 cm³/mol. The highest BCUT2D eigenvalue weighted by atomic mass is 16.5. The summed E-state index contributed by atoms with van der Waals surface area (Å²) in [4.78, 5) is 6.79. The van der Waals surface area contributed by atoms with Crippen LogP contribution >= 0.6 is 0 Å². The zero-order chi connectivity index (χ0) is 13.7.